The van der Waals surface area contributed by atoms with E-state index in [1.54, 1.807) is 32.6 Å². The maximum absolute atomic E-state index is 12.4. The molecule has 0 amide bonds. The molecule has 8 nitrogen and oxygen atoms in total. The predicted molar refractivity (Wildman–Crippen MR) is 123 cm³/mol. The van der Waals surface area contributed by atoms with Crippen LogP contribution in [-0.4, -0.2) is 30.4 Å². The number of rotatable bonds is 6. The maximum Gasteiger partial charge on any atom is 0.270 e. The molecule has 0 aliphatic carbocycles. The van der Waals surface area contributed by atoms with Crippen molar-refractivity contribution < 1.29 is 9.47 Å². The van der Waals surface area contributed by atoms with E-state index in [0.29, 0.717) is 11.3 Å². The van der Waals surface area contributed by atoms with Crippen LogP contribution in [0.25, 0.3) is 22.0 Å². The molecule has 32 heavy (non-hydrogen) atoms. The largest absolute Gasteiger partial charge is 0.496 e. The normalized spacial score (nSPS) is 10.8. The molecule has 3 aromatic carbocycles. The van der Waals surface area contributed by atoms with Gasteiger partial charge in [-0.15, -0.1) is 0 Å². The minimum absolute atomic E-state index is 0.0594. The van der Waals surface area contributed by atoms with E-state index >= 15 is 0 Å². The molecule has 4 rings (SSSR count). The predicted octanol–water partition coefficient (Wildman–Crippen LogP) is 3.92. The Morgan fingerprint density at radius 3 is 2.56 bits per heavy atom. The van der Waals surface area contributed by atoms with E-state index in [2.05, 4.69) is 20.5 Å². The summed E-state index contributed by atoms with van der Waals surface area (Å²) < 4.78 is 10.9. The fraction of sp³-hybridized carbons (Fsp3) is 0.0833. The van der Waals surface area contributed by atoms with E-state index in [9.17, 15) is 10.1 Å². The molecule has 1 heterocycles. The van der Waals surface area contributed by atoms with Gasteiger partial charge in [-0.3, -0.25) is 9.78 Å². The first-order valence-electron chi connectivity index (χ1n) is 9.68. The second kappa shape index (κ2) is 9.02. The number of methoxy groups -OCH3 is 2. The van der Waals surface area contributed by atoms with Crippen LogP contribution < -0.4 is 20.5 Å². The van der Waals surface area contributed by atoms with E-state index in [-0.39, 0.29) is 17.2 Å². The van der Waals surface area contributed by atoms with Crippen LogP contribution in [-0.2, 0) is 0 Å². The fourth-order valence-electron chi connectivity index (χ4n) is 3.35. The van der Waals surface area contributed by atoms with Gasteiger partial charge in [-0.25, -0.2) is 10.4 Å². The average molecular weight is 425 g/mol. The van der Waals surface area contributed by atoms with Crippen molar-refractivity contribution in [2.75, 3.05) is 19.6 Å². The Kier molecular flexibility index (Phi) is 5.81. The summed E-state index contributed by atoms with van der Waals surface area (Å²) in [6, 6.07) is 20.5. The minimum atomic E-state index is -0.547. The van der Waals surface area contributed by atoms with Crippen LogP contribution in [0.4, 0.5) is 5.95 Å². The van der Waals surface area contributed by atoms with Gasteiger partial charge in [-0.05, 0) is 23.6 Å². The number of hydrogen-bond acceptors (Lipinski definition) is 7. The Bertz CT molecular complexity index is 1410. The summed E-state index contributed by atoms with van der Waals surface area (Å²) >= 11 is 0. The lowest BCUT2D eigenvalue weighted by atomic mass is 10.1. The quantitative estimate of drug-likeness (QED) is 0.358. The van der Waals surface area contributed by atoms with E-state index < -0.39 is 5.56 Å². The minimum Gasteiger partial charge on any atom is -0.496 e. The molecule has 0 bridgehead atoms. The fourth-order valence-corrected chi connectivity index (χ4v) is 3.35. The van der Waals surface area contributed by atoms with Crippen molar-refractivity contribution in [3.8, 4) is 28.8 Å². The number of aromatic nitrogens is 2. The number of H-pyrrole nitrogens is 1. The van der Waals surface area contributed by atoms with E-state index in [4.69, 9.17) is 9.47 Å². The molecule has 4 aromatic rings. The number of anilines is 1. The second-order valence-electron chi connectivity index (χ2n) is 6.76. The highest BCUT2D eigenvalue weighted by Gasteiger charge is 2.13. The van der Waals surface area contributed by atoms with E-state index in [1.165, 1.54) is 0 Å². The van der Waals surface area contributed by atoms with Crippen molar-refractivity contribution in [2.45, 2.75) is 0 Å². The van der Waals surface area contributed by atoms with Crippen molar-refractivity contribution in [2.24, 2.45) is 5.10 Å². The third-order valence-electron chi connectivity index (χ3n) is 4.86. The number of nitrogens with one attached hydrogen (secondary N) is 2. The van der Waals surface area contributed by atoms with Crippen LogP contribution >= 0.6 is 0 Å². The molecular weight excluding hydrogens is 406 g/mol. The Morgan fingerprint density at radius 2 is 1.84 bits per heavy atom. The first-order chi connectivity index (χ1) is 15.6. The van der Waals surface area contributed by atoms with Gasteiger partial charge in [0, 0.05) is 16.5 Å². The number of benzene rings is 3. The van der Waals surface area contributed by atoms with Crippen LogP contribution in [0.3, 0.4) is 0 Å². The number of nitrogens with zero attached hydrogens (tertiary/aromatic N) is 3. The topological polar surface area (TPSA) is 112 Å². The zero-order valence-corrected chi connectivity index (χ0v) is 17.4. The van der Waals surface area contributed by atoms with Gasteiger partial charge in [0.05, 0.1) is 26.1 Å². The number of hydrogen-bond donors (Lipinski definition) is 2. The van der Waals surface area contributed by atoms with Gasteiger partial charge in [0.2, 0.25) is 5.95 Å². The number of aromatic amines is 1. The standard InChI is InChI=1S/C24H19N5O3/c1-31-20-10-6-9-16-11-17(21(32-2)12-18(16)20)14-26-29-24-27-22(15-7-4-3-5-8-15)19(13-25)23(30)28-24/h3-12,14H,1-2H3,(H2,27,28,29,30). The van der Waals surface area contributed by atoms with Crippen LogP contribution in [0.2, 0.25) is 0 Å². The summed E-state index contributed by atoms with van der Waals surface area (Å²) in [5.41, 5.74) is 3.79. The van der Waals surface area contributed by atoms with Crippen LogP contribution in [0.15, 0.2) is 70.6 Å². The third-order valence-corrected chi connectivity index (χ3v) is 4.86. The van der Waals surface area contributed by atoms with E-state index in [1.807, 2.05) is 54.6 Å². The first kappa shape index (κ1) is 20.6. The van der Waals surface area contributed by atoms with Gasteiger partial charge in [-0.2, -0.15) is 10.4 Å². The third kappa shape index (κ3) is 4.00. The number of fused-ring (bicyclic) bond motifs is 1. The van der Waals surface area contributed by atoms with Crippen molar-refractivity contribution >= 4 is 22.9 Å². The summed E-state index contributed by atoms with van der Waals surface area (Å²) in [4.78, 5) is 19.3. The zero-order chi connectivity index (χ0) is 22.5. The Hall–Kier alpha value is -4.64. The van der Waals surface area contributed by atoms with Gasteiger partial charge >= 0.3 is 0 Å². The summed E-state index contributed by atoms with van der Waals surface area (Å²) in [5.74, 6) is 1.47. The lowest BCUT2D eigenvalue weighted by Gasteiger charge is -2.10. The highest BCUT2D eigenvalue weighted by molar-refractivity contribution is 5.96. The molecule has 158 valence electrons. The molecule has 0 saturated heterocycles. The van der Waals surface area contributed by atoms with Gasteiger partial charge < -0.3 is 9.47 Å². The highest BCUT2D eigenvalue weighted by atomic mass is 16.5. The summed E-state index contributed by atoms with van der Waals surface area (Å²) in [5, 5.41) is 15.5. The molecule has 0 saturated carbocycles. The maximum atomic E-state index is 12.4. The Morgan fingerprint density at radius 1 is 1.06 bits per heavy atom. The first-order valence-corrected chi connectivity index (χ1v) is 9.68. The average Bonchev–Trinajstić information content (AvgIpc) is 2.83. The van der Waals surface area contributed by atoms with E-state index in [0.717, 1.165) is 22.1 Å². The molecule has 0 unspecified atom stereocenters. The van der Waals surface area contributed by atoms with Crippen LogP contribution in [0.1, 0.15) is 11.1 Å². The monoisotopic (exact) mass is 425 g/mol. The second-order valence-corrected chi connectivity index (χ2v) is 6.76. The molecule has 0 atom stereocenters. The molecule has 0 radical (unpaired) electrons. The zero-order valence-electron chi connectivity index (χ0n) is 17.4. The lowest BCUT2D eigenvalue weighted by Crippen LogP contribution is -2.16. The summed E-state index contributed by atoms with van der Waals surface area (Å²) in [7, 11) is 3.20. The van der Waals surface area contributed by atoms with Gasteiger partial charge in [-0.1, -0.05) is 42.5 Å². The lowest BCUT2D eigenvalue weighted by molar-refractivity contribution is 0.411. The van der Waals surface area contributed by atoms with Gasteiger partial charge in [0.1, 0.15) is 23.1 Å². The van der Waals surface area contributed by atoms with Gasteiger partial charge in [0.15, 0.2) is 0 Å². The number of ether oxygens (including phenoxy) is 2. The molecule has 0 spiro atoms. The summed E-state index contributed by atoms with van der Waals surface area (Å²) in [6.07, 6.45) is 1.57. The number of hydrazone groups is 1. The molecule has 8 heteroatoms. The van der Waals surface area contributed by atoms with Crippen molar-refractivity contribution in [1.82, 2.24) is 9.97 Å². The summed E-state index contributed by atoms with van der Waals surface area (Å²) in [6.45, 7) is 0. The molecule has 0 aliphatic heterocycles. The molecular formula is C24H19N5O3. The van der Waals surface area contributed by atoms with Crippen LogP contribution in [0, 0.1) is 11.3 Å². The Labute approximate surface area is 183 Å². The van der Waals surface area contributed by atoms with Crippen molar-refractivity contribution in [1.29, 1.82) is 5.26 Å². The molecule has 0 fully saturated rings. The number of nitriles is 1. The SMILES string of the molecule is COc1cc2c(OC)cccc2cc1C=NNc1nc(-c2ccccc2)c(C#N)c(=O)[nH]1. The molecule has 2 N–H and O–H groups in total. The van der Waals surface area contributed by atoms with Crippen LogP contribution in [0.5, 0.6) is 11.5 Å². The smallest absolute Gasteiger partial charge is 0.270 e. The van der Waals surface area contributed by atoms with Crippen molar-refractivity contribution in [3.63, 3.8) is 0 Å². The molecule has 0 aliphatic rings. The van der Waals surface area contributed by atoms with Gasteiger partial charge in [0.25, 0.3) is 5.56 Å². The highest BCUT2D eigenvalue weighted by Crippen LogP contribution is 2.31. The Balaban J connectivity index is 1.68. The molecule has 1 aromatic heterocycles. The van der Waals surface area contributed by atoms with Crippen molar-refractivity contribution in [3.05, 3.63) is 82.1 Å².